The third kappa shape index (κ3) is 5.16. The highest BCUT2D eigenvalue weighted by Crippen LogP contribution is 2.33. The summed E-state index contributed by atoms with van der Waals surface area (Å²) in [5.41, 5.74) is 3.10. The van der Waals surface area contributed by atoms with Crippen LogP contribution in [-0.2, 0) is 23.0 Å². The summed E-state index contributed by atoms with van der Waals surface area (Å²) < 4.78 is 40.6. The van der Waals surface area contributed by atoms with E-state index in [1.807, 2.05) is 36.4 Å². The van der Waals surface area contributed by atoms with Crippen LogP contribution in [0.4, 0.5) is 5.69 Å². The Morgan fingerprint density at radius 1 is 0.857 bits per heavy atom. The predicted octanol–water partition coefficient (Wildman–Crippen LogP) is 4.88. The molecule has 2 aliphatic rings. The average Bonchev–Trinajstić information content (AvgIpc) is 2.90. The standard InChI is InChI=1S/C28H32N2O4S/c1-2-22-8-11-24(12-9-22)30(35(31,32)26-6-4-3-5-7-26)25-14-16-29(17-15-25)21-23-10-13-27-28(20-23)34-19-18-33-27/h3-13,20,25H,2,14-19,21H2,1H3. The van der Waals surface area contributed by atoms with Crippen molar-refractivity contribution in [2.75, 3.05) is 30.6 Å². The maximum atomic E-state index is 13.8. The Hall–Kier alpha value is -3.03. The number of likely N-dealkylation sites (tertiary alicyclic amines) is 1. The van der Waals surface area contributed by atoms with Crippen LogP contribution in [0, 0.1) is 0 Å². The van der Waals surface area contributed by atoms with E-state index in [4.69, 9.17) is 9.47 Å². The molecule has 5 rings (SSSR count). The number of rotatable bonds is 7. The van der Waals surface area contributed by atoms with Crippen LogP contribution in [0.1, 0.15) is 30.9 Å². The van der Waals surface area contributed by atoms with Gasteiger partial charge in [-0.15, -0.1) is 0 Å². The number of aryl methyl sites for hydroxylation is 1. The topological polar surface area (TPSA) is 59.1 Å². The molecule has 0 saturated carbocycles. The van der Waals surface area contributed by atoms with Crippen LogP contribution in [0.5, 0.6) is 11.5 Å². The van der Waals surface area contributed by atoms with E-state index in [2.05, 4.69) is 24.0 Å². The zero-order chi connectivity index (χ0) is 24.3. The van der Waals surface area contributed by atoms with Gasteiger partial charge in [0.1, 0.15) is 13.2 Å². The van der Waals surface area contributed by atoms with Gasteiger partial charge in [-0.1, -0.05) is 43.3 Å². The summed E-state index contributed by atoms with van der Waals surface area (Å²) in [7, 11) is -3.68. The van der Waals surface area contributed by atoms with Crippen LogP contribution in [0.2, 0.25) is 0 Å². The number of hydrogen-bond acceptors (Lipinski definition) is 5. The first-order chi connectivity index (χ1) is 17.0. The Kier molecular flexibility index (Phi) is 6.97. The first-order valence-electron chi connectivity index (χ1n) is 12.3. The van der Waals surface area contributed by atoms with Crippen molar-refractivity contribution in [2.24, 2.45) is 0 Å². The molecule has 35 heavy (non-hydrogen) atoms. The van der Waals surface area contributed by atoms with E-state index in [9.17, 15) is 8.42 Å². The molecule has 0 bridgehead atoms. The molecular formula is C28H32N2O4S. The summed E-state index contributed by atoms with van der Waals surface area (Å²) in [6, 6.07) is 22.7. The molecule has 0 N–H and O–H groups in total. The van der Waals surface area contributed by atoms with Crippen LogP contribution in [0.3, 0.4) is 0 Å². The minimum atomic E-state index is -3.68. The lowest BCUT2D eigenvalue weighted by molar-refractivity contribution is 0.170. The van der Waals surface area contributed by atoms with Crippen molar-refractivity contribution in [3.05, 3.63) is 83.9 Å². The number of hydrogen-bond donors (Lipinski definition) is 0. The minimum absolute atomic E-state index is 0.0933. The lowest BCUT2D eigenvalue weighted by Crippen LogP contribution is -2.47. The van der Waals surface area contributed by atoms with E-state index in [-0.39, 0.29) is 6.04 Å². The molecule has 0 amide bonds. The molecular weight excluding hydrogens is 460 g/mol. The summed E-state index contributed by atoms with van der Waals surface area (Å²) in [6.45, 7) is 5.72. The fourth-order valence-corrected chi connectivity index (χ4v) is 6.62. The number of anilines is 1. The lowest BCUT2D eigenvalue weighted by atomic mass is 10.0. The third-order valence-corrected chi connectivity index (χ3v) is 8.70. The van der Waals surface area contributed by atoms with Gasteiger partial charge < -0.3 is 9.47 Å². The highest BCUT2D eigenvalue weighted by molar-refractivity contribution is 7.92. The number of piperidine rings is 1. The van der Waals surface area contributed by atoms with E-state index in [0.29, 0.717) is 18.1 Å². The molecule has 0 radical (unpaired) electrons. The quantitative estimate of drug-likeness (QED) is 0.471. The van der Waals surface area contributed by atoms with Crippen LogP contribution in [0.15, 0.2) is 77.7 Å². The second kappa shape index (κ2) is 10.3. The second-order valence-electron chi connectivity index (χ2n) is 9.12. The zero-order valence-corrected chi connectivity index (χ0v) is 20.9. The van der Waals surface area contributed by atoms with Crippen molar-refractivity contribution in [2.45, 2.75) is 43.7 Å². The lowest BCUT2D eigenvalue weighted by Gasteiger charge is -2.39. The zero-order valence-electron chi connectivity index (χ0n) is 20.1. The number of fused-ring (bicyclic) bond motifs is 1. The van der Waals surface area contributed by atoms with Gasteiger partial charge in [0.05, 0.1) is 10.6 Å². The van der Waals surface area contributed by atoms with Gasteiger partial charge in [0, 0.05) is 25.7 Å². The summed E-state index contributed by atoms with van der Waals surface area (Å²) in [5, 5.41) is 0. The SMILES string of the molecule is CCc1ccc(N(C2CCN(Cc3ccc4c(c3)OCCO4)CC2)S(=O)(=O)c2ccccc2)cc1. The normalized spacial score (nSPS) is 16.7. The maximum Gasteiger partial charge on any atom is 0.264 e. The van der Waals surface area contributed by atoms with Gasteiger partial charge in [-0.2, -0.15) is 0 Å². The first kappa shape index (κ1) is 23.7. The summed E-state index contributed by atoms with van der Waals surface area (Å²) in [6.07, 6.45) is 2.46. The molecule has 0 aromatic heterocycles. The first-order valence-corrected chi connectivity index (χ1v) is 13.8. The van der Waals surface area contributed by atoms with Crippen molar-refractivity contribution in [3.8, 4) is 11.5 Å². The molecule has 0 atom stereocenters. The second-order valence-corrected chi connectivity index (χ2v) is 10.9. The average molecular weight is 493 g/mol. The summed E-state index contributed by atoms with van der Waals surface area (Å²) in [4.78, 5) is 2.72. The van der Waals surface area contributed by atoms with E-state index in [0.717, 1.165) is 56.1 Å². The van der Waals surface area contributed by atoms with E-state index >= 15 is 0 Å². The molecule has 7 heteroatoms. The van der Waals surface area contributed by atoms with Crippen molar-refractivity contribution >= 4 is 15.7 Å². The van der Waals surface area contributed by atoms with Crippen LogP contribution in [-0.4, -0.2) is 45.7 Å². The van der Waals surface area contributed by atoms with Crippen molar-refractivity contribution in [3.63, 3.8) is 0 Å². The molecule has 1 saturated heterocycles. The molecule has 184 valence electrons. The number of sulfonamides is 1. The third-order valence-electron chi connectivity index (χ3n) is 6.80. The summed E-state index contributed by atoms with van der Waals surface area (Å²) >= 11 is 0. The van der Waals surface area contributed by atoms with Gasteiger partial charge in [0.15, 0.2) is 11.5 Å². The molecule has 2 heterocycles. The number of nitrogens with zero attached hydrogens (tertiary/aromatic N) is 2. The van der Waals surface area contributed by atoms with Crippen LogP contribution >= 0.6 is 0 Å². The largest absolute Gasteiger partial charge is 0.486 e. The van der Waals surface area contributed by atoms with Crippen molar-refractivity contribution in [1.82, 2.24) is 4.90 Å². The molecule has 0 spiro atoms. The van der Waals surface area contributed by atoms with E-state index in [1.165, 1.54) is 11.1 Å². The van der Waals surface area contributed by atoms with Crippen molar-refractivity contribution < 1.29 is 17.9 Å². The highest BCUT2D eigenvalue weighted by Gasteiger charge is 2.34. The maximum absolute atomic E-state index is 13.8. The Morgan fingerprint density at radius 3 is 2.20 bits per heavy atom. The molecule has 0 aliphatic carbocycles. The van der Waals surface area contributed by atoms with Crippen LogP contribution < -0.4 is 13.8 Å². The molecule has 3 aromatic rings. The van der Waals surface area contributed by atoms with Crippen LogP contribution in [0.25, 0.3) is 0 Å². The number of ether oxygens (including phenoxy) is 2. The van der Waals surface area contributed by atoms with Gasteiger partial charge in [-0.3, -0.25) is 9.21 Å². The predicted molar refractivity (Wildman–Crippen MR) is 138 cm³/mol. The minimum Gasteiger partial charge on any atom is -0.486 e. The highest BCUT2D eigenvalue weighted by atomic mass is 32.2. The molecule has 1 fully saturated rings. The number of benzene rings is 3. The molecule has 0 unspecified atom stereocenters. The smallest absolute Gasteiger partial charge is 0.264 e. The molecule has 2 aliphatic heterocycles. The Bertz CT molecular complexity index is 1240. The fourth-order valence-electron chi connectivity index (χ4n) is 4.89. The Labute approximate surface area is 208 Å². The van der Waals surface area contributed by atoms with Gasteiger partial charge in [0.2, 0.25) is 0 Å². The van der Waals surface area contributed by atoms with E-state index < -0.39 is 10.0 Å². The monoisotopic (exact) mass is 492 g/mol. The summed E-state index contributed by atoms with van der Waals surface area (Å²) in [5.74, 6) is 1.61. The Balaban J connectivity index is 1.34. The fraction of sp³-hybridized carbons (Fsp3) is 0.357. The Morgan fingerprint density at radius 2 is 1.51 bits per heavy atom. The molecule has 3 aromatic carbocycles. The van der Waals surface area contributed by atoms with Crippen molar-refractivity contribution in [1.29, 1.82) is 0 Å². The van der Waals surface area contributed by atoms with Gasteiger partial charge >= 0.3 is 0 Å². The molecule has 6 nitrogen and oxygen atoms in total. The van der Waals surface area contributed by atoms with E-state index in [1.54, 1.807) is 28.6 Å². The van der Waals surface area contributed by atoms with Gasteiger partial charge in [-0.25, -0.2) is 8.42 Å². The van der Waals surface area contributed by atoms with Gasteiger partial charge in [-0.05, 0) is 66.8 Å². The van der Waals surface area contributed by atoms with Gasteiger partial charge in [0.25, 0.3) is 10.0 Å².